The molecular formula is C44H29N3. The smallest absolute Gasteiger partial charge is 0.178 e. The van der Waals surface area contributed by atoms with Crippen molar-refractivity contribution < 1.29 is 0 Å². The molecule has 0 unspecified atom stereocenters. The van der Waals surface area contributed by atoms with Crippen LogP contribution in [0.3, 0.4) is 0 Å². The van der Waals surface area contributed by atoms with Crippen LogP contribution < -0.4 is 0 Å². The van der Waals surface area contributed by atoms with Gasteiger partial charge in [-0.1, -0.05) is 140 Å². The molecule has 0 N–H and O–H groups in total. The minimum Gasteiger partial charge on any atom is -0.291 e. The van der Waals surface area contributed by atoms with Crippen molar-refractivity contribution >= 4 is 32.7 Å². The highest BCUT2D eigenvalue weighted by molar-refractivity contribution is 6.21. The molecule has 0 saturated carbocycles. The zero-order chi connectivity index (χ0) is 31.2. The zero-order valence-electron chi connectivity index (χ0n) is 25.6. The average Bonchev–Trinajstić information content (AvgIpc) is 3.54. The quantitative estimate of drug-likeness (QED) is 0.184. The van der Waals surface area contributed by atoms with Gasteiger partial charge in [-0.05, 0) is 85.3 Å². The molecule has 47 heavy (non-hydrogen) atoms. The van der Waals surface area contributed by atoms with Gasteiger partial charge in [0.1, 0.15) is 5.82 Å². The summed E-state index contributed by atoms with van der Waals surface area (Å²) < 4.78 is 2.19. The predicted octanol–water partition coefficient (Wildman–Crippen LogP) is 11.4. The van der Waals surface area contributed by atoms with Crippen LogP contribution in [-0.2, 0) is 0 Å². The van der Waals surface area contributed by atoms with Gasteiger partial charge in [-0.25, -0.2) is 9.97 Å². The average molecular weight is 600 g/mol. The molecule has 7 aromatic carbocycles. The fourth-order valence-electron chi connectivity index (χ4n) is 6.95. The van der Waals surface area contributed by atoms with Gasteiger partial charge in [-0.15, -0.1) is 0 Å². The van der Waals surface area contributed by atoms with E-state index in [9.17, 15) is 0 Å². The minimum absolute atomic E-state index is 0.736. The normalized spacial score (nSPS) is 11.4. The van der Waals surface area contributed by atoms with Gasteiger partial charge in [0.05, 0.1) is 5.52 Å². The summed E-state index contributed by atoms with van der Waals surface area (Å²) in [5, 5.41) is 5.01. The van der Waals surface area contributed by atoms with Crippen molar-refractivity contribution in [3.05, 3.63) is 176 Å². The molecule has 0 bridgehead atoms. The van der Waals surface area contributed by atoms with Gasteiger partial charge in [-0.3, -0.25) is 4.57 Å². The number of hydrogen-bond acceptors (Lipinski definition) is 2. The molecule has 2 aromatic heterocycles. The molecule has 0 fully saturated rings. The van der Waals surface area contributed by atoms with E-state index in [1.807, 2.05) is 12.1 Å². The first-order chi connectivity index (χ1) is 23.3. The van der Waals surface area contributed by atoms with Crippen molar-refractivity contribution in [2.24, 2.45) is 0 Å². The van der Waals surface area contributed by atoms with Crippen molar-refractivity contribution in [3.8, 4) is 50.5 Å². The summed E-state index contributed by atoms with van der Waals surface area (Å²) in [4.78, 5) is 9.53. The lowest BCUT2D eigenvalue weighted by molar-refractivity contribution is 1.10. The van der Waals surface area contributed by atoms with Gasteiger partial charge in [0.25, 0.3) is 0 Å². The highest BCUT2D eigenvalue weighted by Gasteiger charge is 2.18. The Labute approximate surface area is 273 Å². The van der Waals surface area contributed by atoms with Crippen LogP contribution in [-0.4, -0.2) is 14.5 Å². The maximum atomic E-state index is 4.97. The van der Waals surface area contributed by atoms with Crippen LogP contribution in [0.1, 0.15) is 0 Å². The number of para-hydroxylation sites is 1. The van der Waals surface area contributed by atoms with Gasteiger partial charge in [0, 0.05) is 17.4 Å². The lowest BCUT2D eigenvalue weighted by Crippen LogP contribution is -1.97. The summed E-state index contributed by atoms with van der Waals surface area (Å²) in [6.07, 6.45) is 1.80. The molecule has 9 aromatic rings. The van der Waals surface area contributed by atoms with E-state index in [0.717, 1.165) is 33.8 Å². The summed E-state index contributed by atoms with van der Waals surface area (Å²) in [5.74, 6) is 0.875. The van der Waals surface area contributed by atoms with E-state index in [-0.39, 0.29) is 0 Å². The van der Waals surface area contributed by atoms with Crippen LogP contribution in [0.2, 0.25) is 0 Å². The molecule has 220 valence electrons. The molecule has 0 aliphatic rings. The Morgan fingerprint density at radius 1 is 0.383 bits per heavy atom. The SMILES string of the molecule is c1ccc(-c2c3ccccc3c(-c3ccccc3)c3cc(-c4ccc(-c5nc6ncccc6n5-c5ccccc5)cc4)ccc23)cc1. The summed E-state index contributed by atoms with van der Waals surface area (Å²) in [5.41, 5.74) is 11.1. The summed E-state index contributed by atoms with van der Waals surface area (Å²) >= 11 is 0. The van der Waals surface area contributed by atoms with E-state index in [1.54, 1.807) is 6.20 Å². The number of fused-ring (bicyclic) bond motifs is 3. The van der Waals surface area contributed by atoms with Crippen LogP contribution in [0.4, 0.5) is 0 Å². The molecule has 0 radical (unpaired) electrons. The third kappa shape index (κ3) is 4.60. The lowest BCUT2D eigenvalue weighted by atomic mass is 9.85. The Bertz CT molecular complexity index is 2530. The second-order valence-electron chi connectivity index (χ2n) is 11.8. The third-order valence-corrected chi connectivity index (χ3v) is 9.07. The number of hydrogen-bond donors (Lipinski definition) is 0. The van der Waals surface area contributed by atoms with Gasteiger partial charge in [0.15, 0.2) is 5.65 Å². The molecule has 2 heterocycles. The van der Waals surface area contributed by atoms with Gasteiger partial charge < -0.3 is 0 Å². The van der Waals surface area contributed by atoms with E-state index >= 15 is 0 Å². The maximum absolute atomic E-state index is 4.97. The van der Waals surface area contributed by atoms with Gasteiger partial charge in [-0.2, -0.15) is 0 Å². The Morgan fingerprint density at radius 2 is 0.915 bits per heavy atom. The van der Waals surface area contributed by atoms with Crippen molar-refractivity contribution in [3.63, 3.8) is 0 Å². The van der Waals surface area contributed by atoms with Crippen molar-refractivity contribution in [1.29, 1.82) is 0 Å². The first kappa shape index (κ1) is 27.0. The summed E-state index contributed by atoms with van der Waals surface area (Å²) in [7, 11) is 0. The number of nitrogens with zero attached hydrogens (tertiary/aromatic N) is 3. The zero-order valence-corrected chi connectivity index (χ0v) is 25.6. The first-order valence-electron chi connectivity index (χ1n) is 15.9. The maximum Gasteiger partial charge on any atom is 0.178 e. The molecule has 3 nitrogen and oxygen atoms in total. The molecule has 0 aliphatic heterocycles. The first-order valence-corrected chi connectivity index (χ1v) is 15.9. The Kier molecular flexibility index (Phi) is 6.46. The number of rotatable bonds is 5. The van der Waals surface area contributed by atoms with Gasteiger partial charge in [0.2, 0.25) is 0 Å². The van der Waals surface area contributed by atoms with Crippen molar-refractivity contribution in [2.75, 3.05) is 0 Å². The number of benzene rings is 7. The molecular weight excluding hydrogens is 571 g/mol. The summed E-state index contributed by atoms with van der Waals surface area (Å²) in [6.45, 7) is 0. The van der Waals surface area contributed by atoms with Gasteiger partial charge >= 0.3 is 0 Å². The van der Waals surface area contributed by atoms with Crippen LogP contribution in [0, 0.1) is 0 Å². The number of aromatic nitrogens is 3. The van der Waals surface area contributed by atoms with E-state index in [0.29, 0.717) is 0 Å². The fraction of sp³-hybridized carbons (Fsp3) is 0. The second kappa shape index (κ2) is 11.2. The number of pyridine rings is 1. The molecule has 0 saturated heterocycles. The summed E-state index contributed by atoms with van der Waals surface area (Å²) in [6, 6.07) is 60.5. The minimum atomic E-state index is 0.736. The Morgan fingerprint density at radius 3 is 1.57 bits per heavy atom. The monoisotopic (exact) mass is 599 g/mol. The molecule has 0 spiro atoms. The highest BCUT2D eigenvalue weighted by atomic mass is 15.1. The molecule has 0 amide bonds. The Balaban J connectivity index is 1.23. The van der Waals surface area contributed by atoms with Crippen molar-refractivity contribution in [2.45, 2.75) is 0 Å². The molecule has 9 rings (SSSR count). The molecule has 0 atom stereocenters. The van der Waals surface area contributed by atoms with E-state index in [1.165, 1.54) is 49.4 Å². The predicted molar refractivity (Wildman–Crippen MR) is 196 cm³/mol. The topological polar surface area (TPSA) is 30.7 Å². The highest BCUT2D eigenvalue weighted by Crippen LogP contribution is 2.44. The van der Waals surface area contributed by atoms with E-state index in [4.69, 9.17) is 4.98 Å². The fourth-order valence-corrected chi connectivity index (χ4v) is 6.95. The van der Waals surface area contributed by atoms with E-state index in [2.05, 4.69) is 167 Å². The van der Waals surface area contributed by atoms with Crippen LogP contribution >= 0.6 is 0 Å². The Hall–Kier alpha value is -6.32. The van der Waals surface area contributed by atoms with Crippen molar-refractivity contribution in [1.82, 2.24) is 14.5 Å². The largest absolute Gasteiger partial charge is 0.291 e. The van der Waals surface area contributed by atoms with Crippen LogP contribution in [0.5, 0.6) is 0 Å². The third-order valence-electron chi connectivity index (χ3n) is 9.07. The second-order valence-corrected chi connectivity index (χ2v) is 11.8. The molecule has 3 heteroatoms. The standard InChI is InChI=1S/C44H29N3/c1-4-13-31(14-5-1)41-36-19-10-11-20-37(36)42(32-15-6-2-7-16-32)39-29-34(26-27-38(39)41)30-22-24-33(25-23-30)44-46-43-40(21-12-28-45-43)47(44)35-17-8-3-9-18-35/h1-29H. The molecule has 0 aliphatic carbocycles. The van der Waals surface area contributed by atoms with Crippen LogP contribution in [0.25, 0.3) is 83.2 Å². The lowest BCUT2D eigenvalue weighted by Gasteiger charge is -2.18. The van der Waals surface area contributed by atoms with E-state index < -0.39 is 0 Å². The number of imidazole rings is 1. The van der Waals surface area contributed by atoms with Crippen LogP contribution in [0.15, 0.2) is 176 Å².